The molecule has 198 valence electrons. The van der Waals surface area contributed by atoms with Gasteiger partial charge in [0.15, 0.2) is 5.54 Å². The van der Waals surface area contributed by atoms with E-state index in [1.165, 1.54) is 6.92 Å². The minimum atomic E-state index is -2.03. The van der Waals surface area contributed by atoms with E-state index in [0.29, 0.717) is 11.8 Å². The molecule has 2 amide bonds. The first kappa shape index (κ1) is 30.5. The van der Waals surface area contributed by atoms with Crippen molar-refractivity contribution in [1.29, 1.82) is 0 Å². The Bertz CT molecular complexity index is 851. The fourth-order valence-electron chi connectivity index (χ4n) is 3.64. The molecule has 0 bridgehead atoms. The number of carboxylic acid groups (broad SMARTS) is 2. The molecule has 6 unspecified atom stereocenters. The van der Waals surface area contributed by atoms with E-state index in [9.17, 15) is 39.0 Å². The number of ketones is 1. The minimum Gasteiger partial charge on any atom is -0.480 e. The van der Waals surface area contributed by atoms with Gasteiger partial charge < -0.3 is 36.8 Å². The van der Waals surface area contributed by atoms with E-state index >= 15 is 0 Å². The number of carbonyl (C=O) groups is 6. The number of thioether (sulfide) groups is 1. The number of nitrogens with one attached hydrogen (secondary N) is 2. The Morgan fingerprint density at radius 3 is 2.26 bits per heavy atom. The molecule has 1 rings (SSSR count). The molecule has 1 fully saturated rings. The maximum atomic E-state index is 13.2. The van der Waals surface area contributed by atoms with Crippen molar-refractivity contribution in [3.05, 3.63) is 0 Å². The Hall–Kier alpha value is -2.55. The van der Waals surface area contributed by atoms with E-state index in [2.05, 4.69) is 10.6 Å². The number of nitrogens with two attached hydrogens (primary N) is 1. The van der Waals surface area contributed by atoms with Crippen LogP contribution in [0.1, 0.15) is 40.0 Å². The average molecular weight is 520 g/mol. The van der Waals surface area contributed by atoms with Crippen molar-refractivity contribution in [2.24, 2.45) is 23.5 Å². The summed E-state index contributed by atoms with van der Waals surface area (Å²) in [6, 6.07) is -1.28. The van der Waals surface area contributed by atoms with Gasteiger partial charge in [0.05, 0.1) is 24.0 Å². The quantitative estimate of drug-likeness (QED) is 0.133. The average Bonchev–Trinajstić information content (AvgIpc) is 3.02. The van der Waals surface area contributed by atoms with Gasteiger partial charge in [-0.2, -0.15) is 0 Å². The molecule has 0 aromatic heterocycles. The molecule has 13 nitrogen and oxygen atoms in total. The highest BCUT2D eigenvalue weighted by Crippen LogP contribution is 2.36. The Kier molecular flexibility index (Phi) is 11.3. The van der Waals surface area contributed by atoms with Crippen molar-refractivity contribution in [3.8, 4) is 0 Å². The Morgan fingerprint density at radius 2 is 1.80 bits per heavy atom. The molecular formula is C21H33N3O10S. The van der Waals surface area contributed by atoms with Gasteiger partial charge in [0, 0.05) is 18.6 Å². The lowest BCUT2D eigenvalue weighted by atomic mass is 9.81. The summed E-state index contributed by atoms with van der Waals surface area (Å²) < 4.78 is 0. The van der Waals surface area contributed by atoms with Crippen molar-refractivity contribution in [2.45, 2.75) is 63.8 Å². The lowest BCUT2D eigenvalue weighted by Crippen LogP contribution is -2.64. The minimum absolute atomic E-state index is 0.177. The second-order valence-electron chi connectivity index (χ2n) is 8.91. The third kappa shape index (κ3) is 7.72. The van der Waals surface area contributed by atoms with Gasteiger partial charge in [-0.15, -0.1) is 0 Å². The zero-order valence-corrected chi connectivity index (χ0v) is 20.5. The molecule has 1 heterocycles. The van der Waals surface area contributed by atoms with Crippen LogP contribution in [0.15, 0.2) is 0 Å². The molecular weight excluding hydrogens is 486 g/mol. The normalized spacial score (nSPS) is 24.4. The number of aliphatic hydroxyl groups excluding tert-OH is 2. The van der Waals surface area contributed by atoms with Crippen LogP contribution in [0.2, 0.25) is 0 Å². The van der Waals surface area contributed by atoms with Gasteiger partial charge in [0.25, 0.3) is 0 Å². The summed E-state index contributed by atoms with van der Waals surface area (Å²) in [5.74, 6) is -7.64. The number of carboxylic acids is 2. The molecule has 0 aromatic rings. The molecule has 0 aliphatic carbocycles. The molecule has 0 spiro atoms. The highest BCUT2D eigenvalue weighted by molar-refractivity contribution is 8.13. The molecule has 1 aliphatic rings. The third-order valence-corrected chi connectivity index (χ3v) is 7.01. The van der Waals surface area contributed by atoms with E-state index < -0.39 is 89.2 Å². The van der Waals surface area contributed by atoms with E-state index in [1.807, 2.05) is 0 Å². The van der Waals surface area contributed by atoms with E-state index in [0.717, 1.165) is 0 Å². The van der Waals surface area contributed by atoms with E-state index in [4.69, 9.17) is 15.9 Å². The number of aliphatic carboxylic acids is 2. The van der Waals surface area contributed by atoms with Gasteiger partial charge >= 0.3 is 11.9 Å². The van der Waals surface area contributed by atoms with Crippen LogP contribution in [-0.4, -0.2) is 91.2 Å². The van der Waals surface area contributed by atoms with Crippen LogP contribution >= 0.6 is 11.8 Å². The van der Waals surface area contributed by atoms with Crippen molar-refractivity contribution < 1.29 is 49.2 Å². The van der Waals surface area contributed by atoms with Crippen LogP contribution in [0, 0.1) is 17.8 Å². The second kappa shape index (κ2) is 13.0. The number of amides is 2. The molecule has 6 atom stereocenters. The fourth-order valence-corrected chi connectivity index (χ4v) is 4.80. The predicted molar refractivity (Wildman–Crippen MR) is 123 cm³/mol. The van der Waals surface area contributed by atoms with Crippen LogP contribution in [0.5, 0.6) is 0 Å². The van der Waals surface area contributed by atoms with Crippen molar-refractivity contribution >= 4 is 46.4 Å². The summed E-state index contributed by atoms with van der Waals surface area (Å²) in [6.07, 6.45) is -3.86. The Balaban J connectivity index is 3.04. The molecule has 1 saturated heterocycles. The summed E-state index contributed by atoms with van der Waals surface area (Å²) in [5.41, 5.74) is 3.35. The third-order valence-electron chi connectivity index (χ3n) is 5.85. The first-order valence-corrected chi connectivity index (χ1v) is 12.0. The highest BCUT2D eigenvalue weighted by Gasteiger charge is 2.60. The number of aliphatic hydroxyl groups is 2. The van der Waals surface area contributed by atoms with Gasteiger partial charge in [0.1, 0.15) is 18.4 Å². The van der Waals surface area contributed by atoms with Crippen LogP contribution in [0.25, 0.3) is 0 Å². The summed E-state index contributed by atoms with van der Waals surface area (Å²) in [5, 5.41) is 42.7. The SMILES string of the molecule is CC(C)C(O)C1(C(=O)SCC(CC(=O)CCC(N)C(=O)O)C(=O)NCC(=O)O)NC(=O)C(C)C1O. The summed E-state index contributed by atoms with van der Waals surface area (Å²) in [4.78, 5) is 71.9. The topological polar surface area (TPSA) is 233 Å². The number of rotatable bonds is 14. The molecule has 0 saturated carbocycles. The van der Waals surface area contributed by atoms with Crippen molar-refractivity contribution in [1.82, 2.24) is 10.6 Å². The lowest BCUT2D eigenvalue weighted by Gasteiger charge is -2.37. The lowest BCUT2D eigenvalue weighted by molar-refractivity contribution is -0.139. The maximum absolute atomic E-state index is 13.2. The fraction of sp³-hybridized carbons (Fsp3) is 0.714. The molecule has 1 aliphatic heterocycles. The largest absolute Gasteiger partial charge is 0.480 e. The zero-order valence-electron chi connectivity index (χ0n) is 19.7. The molecule has 8 N–H and O–H groups in total. The maximum Gasteiger partial charge on any atom is 0.322 e. The van der Waals surface area contributed by atoms with Crippen LogP contribution in [0.4, 0.5) is 0 Å². The monoisotopic (exact) mass is 519 g/mol. The van der Waals surface area contributed by atoms with Gasteiger partial charge in [-0.3, -0.25) is 28.8 Å². The highest BCUT2D eigenvalue weighted by atomic mass is 32.2. The first-order chi connectivity index (χ1) is 16.1. The van der Waals surface area contributed by atoms with Gasteiger partial charge in [0.2, 0.25) is 16.9 Å². The van der Waals surface area contributed by atoms with Crippen LogP contribution in [-0.2, 0) is 28.8 Å². The van der Waals surface area contributed by atoms with Crippen LogP contribution < -0.4 is 16.4 Å². The number of carbonyl (C=O) groups excluding carboxylic acids is 4. The van der Waals surface area contributed by atoms with Gasteiger partial charge in [-0.1, -0.05) is 32.5 Å². The summed E-state index contributed by atoms with van der Waals surface area (Å²) in [6.45, 7) is 3.85. The smallest absolute Gasteiger partial charge is 0.322 e. The van der Waals surface area contributed by atoms with Gasteiger partial charge in [-0.25, -0.2) is 0 Å². The van der Waals surface area contributed by atoms with E-state index in [1.54, 1.807) is 13.8 Å². The molecule has 0 aromatic carbocycles. The molecule has 0 radical (unpaired) electrons. The summed E-state index contributed by atoms with van der Waals surface area (Å²) >= 11 is 0.515. The van der Waals surface area contributed by atoms with Crippen molar-refractivity contribution in [3.63, 3.8) is 0 Å². The Labute approximate surface area is 206 Å². The number of hydrogen-bond acceptors (Lipinski definition) is 10. The van der Waals surface area contributed by atoms with Crippen molar-refractivity contribution in [2.75, 3.05) is 12.3 Å². The number of hydrogen-bond donors (Lipinski definition) is 7. The second-order valence-corrected chi connectivity index (χ2v) is 9.91. The molecule has 14 heteroatoms. The van der Waals surface area contributed by atoms with Gasteiger partial charge in [-0.05, 0) is 12.3 Å². The number of Topliss-reactive ketones (excluding diaryl/α,β-unsaturated/α-hetero) is 1. The predicted octanol–water partition coefficient (Wildman–Crippen LogP) is -1.90. The first-order valence-electron chi connectivity index (χ1n) is 11.0. The van der Waals surface area contributed by atoms with Crippen LogP contribution in [0.3, 0.4) is 0 Å². The summed E-state index contributed by atoms with van der Waals surface area (Å²) in [7, 11) is 0. The van der Waals surface area contributed by atoms with E-state index in [-0.39, 0.29) is 18.6 Å². The molecule has 35 heavy (non-hydrogen) atoms. The standard InChI is InChI=1S/C21H33N3O10S/c1-9(2)15(28)21(16(29)10(3)17(30)24-21)20(34)35-8-11(18(31)23-7-14(26)27)6-12(25)4-5-13(22)19(32)33/h9-11,13,15-16,28-29H,4-8,22H2,1-3H3,(H,23,31)(H,24,30)(H,26,27)(H,32,33). The zero-order chi connectivity index (χ0) is 27.1. The Morgan fingerprint density at radius 1 is 1.20 bits per heavy atom.